The maximum Gasteiger partial charge on any atom is 0.227 e. The van der Waals surface area contributed by atoms with Crippen molar-refractivity contribution in [2.24, 2.45) is 0 Å². The molecule has 1 aliphatic rings. The number of aromatic nitrogens is 1. The second kappa shape index (κ2) is 6.87. The maximum atomic E-state index is 12.4. The Labute approximate surface area is 140 Å². The Morgan fingerprint density at radius 3 is 2.70 bits per heavy atom. The Morgan fingerprint density at radius 2 is 2.00 bits per heavy atom. The molecule has 0 atom stereocenters. The van der Waals surface area contributed by atoms with Gasteiger partial charge in [-0.15, -0.1) is 0 Å². The highest BCUT2D eigenvalue weighted by molar-refractivity contribution is 6.33. The number of hydrogen-bond donors (Lipinski definition) is 1. The van der Waals surface area contributed by atoms with Gasteiger partial charge in [0.15, 0.2) is 0 Å². The molecule has 1 saturated heterocycles. The van der Waals surface area contributed by atoms with E-state index in [9.17, 15) is 9.90 Å². The lowest BCUT2D eigenvalue weighted by Gasteiger charge is -2.36. The van der Waals surface area contributed by atoms with Gasteiger partial charge in [0, 0.05) is 38.6 Å². The van der Waals surface area contributed by atoms with Crippen LogP contribution in [0.2, 0.25) is 5.02 Å². The summed E-state index contributed by atoms with van der Waals surface area (Å²) in [4.78, 5) is 20.4. The minimum atomic E-state index is 0.0797. The number of nitrogens with zero attached hydrogens (tertiary/aromatic N) is 3. The summed E-state index contributed by atoms with van der Waals surface area (Å²) in [5, 5.41) is 10.1. The summed E-state index contributed by atoms with van der Waals surface area (Å²) in [5.74, 6) is 0.267. The number of piperazine rings is 1. The summed E-state index contributed by atoms with van der Waals surface area (Å²) < 4.78 is 0. The minimum Gasteiger partial charge on any atom is -0.508 e. The predicted molar refractivity (Wildman–Crippen MR) is 89.9 cm³/mol. The minimum absolute atomic E-state index is 0.0797. The van der Waals surface area contributed by atoms with E-state index in [1.54, 1.807) is 30.6 Å². The van der Waals surface area contributed by atoms with Crippen LogP contribution in [0.25, 0.3) is 0 Å². The van der Waals surface area contributed by atoms with E-state index in [0.29, 0.717) is 24.5 Å². The number of aromatic hydroxyl groups is 1. The third-order valence-corrected chi connectivity index (χ3v) is 4.28. The molecule has 1 amide bonds. The number of amides is 1. The van der Waals surface area contributed by atoms with E-state index in [0.717, 1.165) is 24.3 Å². The van der Waals surface area contributed by atoms with Crippen molar-refractivity contribution in [1.29, 1.82) is 0 Å². The van der Waals surface area contributed by atoms with Gasteiger partial charge in [0.25, 0.3) is 0 Å². The van der Waals surface area contributed by atoms with Gasteiger partial charge in [0.05, 0.1) is 17.1 Å². The summed E-state index contributed by atoms with van der Waals surface area (Å²) >= 11 is 6.17. The van der Waals surface area contributed by atoms with Gasteiger partial charge in [-0.3, -0.25) is 9.78 Å². The Balaban J connectivity index is 1.58. The number of anilines is 1. The van der Waals surface area contributed by atoms with Crippen LogP contribution in [-0.2, 0) is 11.2 Å². The van der Waals surface area contributed by atoms with Crippen LogP contribution in [0.4, 0.5) is 5.69 Å². The van der Waals surface area contributed by atoms with E-state index in [1.807, 2.05) is 17.0 Å². The molecule has 1 N–H and O–H groups in total. The number of benzene rings is 1. The van der Waals surface area contributed by atoms with E-state index < -0.39 is 0 Å². The number of phenolic OH excluding ortho intramolecular Hbond substituents is 1. The first kappa shape index (κ1) is 15.6. The first-order valence-electron chi connectivity index (χ1n) is 7.53. The molecule has 5 nitrogen and oxygen atoms in total. The Bertz CT molecular complexity index is 700. The molecular weight excluding hydrogens is 314 g/mol. The Morgan fingerprint density at radius 1 is 1.22 bits per heavy atom. The van der Waals surface area contributed by atoms with E-state index in [1.165, 1.54) is 0 Å². The van der Waals surface area contributed by atoms with Crippen molar-refractivity contribution >= 4 is 23.2 Å². The molecule has 0 unspecified atom stereocenters. The molecule has 0 aliphatic carbocycles. The van der Waals surface area contributed by atoms with Gasteiger partial charge in [0.2, 0.25) is 5.91 Å². The first-order chi connectivity index (χ1) is 11.1. The number of carbonyl (C=O) groups excluding carboxylic acids is 1. The quantitative estimate of drug-likeness (QED) is 0.938. The molecule has 1 aromatic heterocycles. The van der Waals surface area contributed by atoms with Crippen molar-refractivity contribution in [2.45, 2.75) is 6.42 Å². The molecule has 3 rings (SSSR count). The van der Waals surface area contributed by atoms with Gasteiger partial charge in [-0.2, -0.15) is 0 Å². The molecule has 0 radical (unpaired) electrons. The number of phenols is 1. The fourth-order valence-electron chi connectivity index (χ4n) is 2.77. The van der Waals surface area contributed by atoms with Crippen LogP contribution in [0.15, 0.2) is 42.7 Å². The smallest absolute Gasteiger partial charge is 0.227 e. The number of hydrogen-bond acceptors (Lipinski definition) is 4. The van der Waals surface area contributed by atoms with Crippen molar-refractivity contribution in [2.75, 3.05) is 31.1 Å². The average molecular weight is 332 g/mol. The summed E-state index contributed by atoms with van der Waals surface area (Å²) in [6, 6.07) is 8.73. The molecule has 1 aliphatic heterocycles. The second-order valence-corrected chi connectivity index (χ2v) is 5.95. The number of pyridine rings is 1. The van der Waals surface area contributed by atoms with Crippen molar-refractivity contribution in [3.63, 3.8) is 0 Å². The van der Waals surface area contributed by atoms with Crippen molar-refractivity contribution in [1.82, 2.24) is 9.88 Å². The number of carbonyl (C=O) groups is 1. The lowest BCUT2D eigenvalue weighted by Crippen LogP contribution is -2.49. The molecular formula is C17H18ClN3O2. The zero-order valence-electron chi connectivity index (χ0n) is 12.7. The maximum absolute atomic E-state index is 12.4. The third kappa shape index (κ3) is 3.74. The lowest BCUT2D eigenvalue weighted by molar-refractivity contribution is -0.130. The van der Waals surface area contributed by atoms with Crippen LogP contribution in [0.5, 0.6) is 5.75 Å². The summed E-state index contributed by atoms with van der Waals surface area (Å²) in [6.45, 7) is 2.82. The monoisotopic (exact) mass is 331 g/mol. The van der Waals surface area contributed by atoms with Gasteiger partial charge >= 0.3 is 0 Å². The molecule has 1 aromatic carbocycles. The molecule has 2 aromatic rings. The SMILES string of the molecule is O=C(Cc1cccc(O)c1)N1CCN(c2ccncc2Cl)CC1. The van der Waals surface area contributed by atoms with Crippen molar-refractivity contribution in [3.05, 3.63) is 53.3 Å². The molecule has 0 saturated carbocycles. The third-order valence-electron chi connectivity index (χ3n) is 3.99. The van der Waals surface area contributed by atoms with E-state index in [4.69, 9.17) is 11.6 Å². The average Bonchev–Trinajstić information content (AvgIpc) is 2.55. The van der Waals surface area contributed by atoms with Crippen LogP contribution < -0.4 is 4.90 Å². The van der Waals surface area contributed by atoms with Crippen LogP contribution >= 0.6 is 11.6 Å². The largest absolute Gasteiger partial charge is 0.508 e. The summed E-state index contributed by atoms with van der Waals surface area (Å²) in [6.07, 6.45) is 3.67. The highest BCUT2D eigenvalue weighted by atomic mass is 35.5. The molecule has 23 heavy (non-hydrogen) atoms. The lowest BCUT2D eigenvalue weighted by atomic mass is 10.1. The zero-order chi connectivity index (χ0) is 16.2. The normalized spacial score (nSPS) is 14.8. The molecule has 2 heterocycles. The standard InChI is InChI=1S/C17H18ClN3O2/c18-15-12-19-5-4-16(15)20-6-8-21(9-7-20)17(23)11-13-2-1-3-14(22)10-13/h1-5,10,12,22H,6-9,11H2. The van der Waals surface area contributed by atoms with Crippen LogP contribution in [-0.4, -0.2) is 47.1 Å². The fourth-order valence-corrected chi connectivity index (χ4v) is 3.01. The second-order valence-electron chi connectivity index (χ2n) is 5.54. The number of rotatable bonds is 3. The predicted octanol–water partition coefficient (Wildman–Crippen LogP) is 2.33. The van der Waals surface area contributed by atoms with Gasteiger partial charge < -0.3 is 14.9 Å². The van der Waals surface area contributed by atoms with Gasteiger partial charge in [-0.1, -0.05) is 23.7 Å². The molecule has 6 heteroatoms. The van der Waals surface area contributed by atoms with Crippen molar-refractivity contribution in [3.8, 4) is 5.75 Å². The highest BCUT2D eigenvalue weighted by Crippen LogP contribution is 2.25. The molecule has 1 fully saturated rings. The van der Waals surface area contributed by atoms with Crippen LogP contribution in [0.3, 0.4) is 0 Å². The Kier molecular flexibility index (Phi) is 4.67. The summed E-state index contributed by atoms with van der Waals surface area (Å²) in [5.41, 5.74) is 1.79. The number of halogens is 1. The molecule has 0 bridgehead atoms. The molecule has 0 spiro atoms. The topological polar surface area (TPSA) is 56.7 Å². The van der Waals surface area contributed by atoms with Crippen LogP contribution in [0.1, 0.15) is 5.56 Å². The van der Waals surface area contributed by atoms with E-state index in [-0.39, 0.29) is 11.7 Å². The van der Waals surface area contributed by atoms with E-state index in [2.05, 4.69) is 9.88 Å². The highest BCUT2D eigenvalue weighted by Gasteiger charge is 2.22. The van der Waals surface area contributed by atoms with Crippen LogP contribution in [0, 0.1) is 0 Å². The van der Waals surface area contributed by atoms with Gasteiger partial charge in [-0.25, -0.2) is 0 Å². The zero-order valence-corrected chi connectivity index (χ0v) is 13.4. The van der Waals surface area contributed by atoms with Gasteiger partial charge in [-0.05, 0) is 23.8 Å². The fraction of sp³-hybridized carbons (Fsp3) is 0.294. The van der Waals surface area contributed by atoms with Crippen molar-refractivity contribution < 1.29 is 9.90 Å². The molecule has 120 valence electrons. The van der Waals surface area contributed by atoms with Gasteiger partial charge in [0.1, 0.15) is 5.75 Å². The first-order valence-corrected chi connectivity index (χ1v) is 7.91. The van der Waals surface area contributed by atoms with E-state index >= 15 is 0 Å². The summed E-state index contributed by atoms with van der Waals surface area (Å²) in [7, 11) is 0. The Hall–Kier alpha value is -2.27.